The number of imidazole rings is 1. The number of nitrogens with zero attached hydrogens (tertiary/aromatic N) is 7. The van der Waals surface area contributed by atoms with Crippen LogP contribution in [0.5, 0.6) is 0 Å². The van der Waals surface area contributed by atoms with Gasteiger partial charge in [0.1, 0.15) is 11.2 Å². The molecule has 7 rings (SSSR count). The molecule has 2 saturated heterocycles. The number of piperazine rings is 1. The number of aliphatic hydroxyl groups is 1. The fourth-order valence-electron chi connectivity index (χ4n) is 6.49. The van der Waals surface area contributed by atoms with Crippen molar-refractivity contribution in [3.05, 3.63) is 48.5 Å². The number of anilines is 4. The van der Waals surface area contributed by atoms with Gasteiger partial charge in [-0.15, -0.1) is 0 Å². The zero-order valence-electron chi connectivity index (χ0n) is 24.9. The number of carbonyl (C=O) groups excluding carboxylic acids is 1. The SMILES string of the molecule is CN1CCN(C2CCN(c3ccc(Nc4nc(N[C@H]5C[C@H](O)C5)c(-c5ccnc6[nH]cnc56)nc4C(N)=O)cc3)CC2)CC1. The van der Waals surface area contributed by atoms with Gasteiger partial charge < -0.3 is 36.3 Å². The van der Waals surface area contributed by atoms with Crippen LogP contribution in [-0.2, 0) is 0 Å². The molecule has 13 nitrogen and oxygen atoms in total. The summed E-state index contributed by atoms with van der Waals surface area (Å²) in [5.41, 5.74) is 10.1. The molecule has 3 fully saturated rings. The number of likely N-dealkylation sites (N-methyl/N-ethyl adjacent to an activating group) is 1. The maximum Gasteiger partial charge on any atom is 0.271 e. The highest BCUT2D eigenvalue weighted by atomic mass is 16.3. The first-order chi connectivity index (χ1) is 21.4. The van der Waals surface area contributed by atoms with E-state index in [1.807, 2.05) is 12.1 Å². The quantitative estimate of drug-likeness (QED) is 0.203. The predicted octanol–water partition coefficient (Wildman–Crippen LogP) is 2.41. The van der Waals surface area contributed by atoms with Gasteiger partial charge in [-0.05, 0) is 63.1 Å². The van der Waals surface area contributed by atoms with Gasteiger partial charge in [0, 0.05) is 74.5 Å². The molecular formula is C31H39N11O2. The predicted molar refractivity (Wildman–Crippen MR) is 170 cm³/mol. The molecule has 1 aliphatic carbocycles. The zero-order valence-corrected chi connectivity index (χ0v) is 24.9. The number of H-pyrrole nitrogens is 1. The normalized spacial score (nSPS) is 21.7. The number of aliphatic hydroxyl groups excluding tert-OH is 1. The van der Waals surface area contributed by atoms with Gasteiger partial charge in [0.25, 0.3) is 5.91 Å². The number of carbonyl (C=O) groups is 1. The lowest BCUT2D eigenvalue weighted by atomic mass is 9.89. The van der Waals surface area contributed by atoms with Crippen molar-refractivity contribution in [1.29, 1.82) is 0 Å². The second-order valence-corrected chi connectivity index (χ2v) is 12.1. The van der Waals surface area contributed by atoms with Crippen LogP contribution >= 0.6 is 0 Å². The van der Waals surface area contributed by atoms with Crippen LogP contribution in [-0.4, -0.2) is 110 Å². The molecule has 0 spiro atoms. The van der Waals surface area contributed by atoms with Crippen molar-refractivity contribution in [2.24, 2.45) is 5.73 Å². The first kappa shape index (κ1) is 28.4. The minimum Gasteiger partial charge on any atom is -0.393 e. The molecule has 0 atom stereocenters. The first-order valence-corrected chi connectivity index (χ1v) is 15.4. The molecule has 1 aromatic carbocycles. The van der Waals surface area contributed by atoms with Gasteiger partial charge in [-0.2, -0.15) is 0 Å². The van der Waals surface area contributed by atoms with E-state index in [1.54, 1.807) is 18.6 Å². The van der Waals surface area contributed by atoms with Crippen LogP contribution < -0.4 is 21.3 Å². The fourth-order valence-corrected chi connectivity index (χ4v) is 6.49. The fraction of sp³-hybridized carbons (Fsp3) is 0.452. The Labute approximate surface area is 255 Å². The monoisotopic (exact) mass is 597 g/mol. The molecule has 1 amide bonds. The first-order valence-electron chi connectivity index (χ1n) is 15.4. The molecule has 13 heteroatoms. The third kappa shape index (κ3) is 5.77. The van der Waals surface area contributed by atoms with E-state index in [9.17, 15) is 9.90 Å². The van der Waals surface area contributed by atoms with Crippen LogP contribution in [0.1, 0.15) is 36.2 Å². The number of piperidine rings is 1. The lowest BCUT2D eigenvalue weighted by Crippen LogP contribution is -2.52. The number of aromatic amines is 1. The number of pyridine rings is 1. The summed E-state index contributed by atoms with van der Waals surface area (Å²) in [7, 11) is 2.20. The third-order valence-electron chi connectivity index (χ3n) is 9.17. The lowest BCUT2D eigenvalue weighted by molar-refractivity contribution is 0.0835. The van der Waals surface area contributed by atoms with Crippen LogP contribution in [0, 0.1) is 0 Å². The van der Waals surface area contributed by atoms with Gasteiger partial charge >= 0.3 is 0 Å². The Balaban J connectivity index is 1.11. The lowest BCUT2D eigenvalue weighted by Gasteiger charge is -2.42. The number of benzene rings is 1. The van der Waals surface area contributed by atoms with Gasteiger partial charge in [-0.25, -0.2) is 19.9 Å². The van der Waals surface area contributed by atoms with Crippen LogP contribution in [0.4, 0.5) is 23.0 Å². The smallest absolute Gasteiger partial charge is 0.271 e. The highest BCUT2D eigenvalue weighted by Gasteiger charge is 2.30. The summed E-state index contributed by atoms with van der Waals surface area (Å²) in [5.74, 6) is 0.0421. The van der Waals surface area contributed by atoms with E-state index < -0.39 is 5.91 Å². The van der Waals surface area contributed by atoms with E-state index in [4.69, 9.17) is 15.7 Å². The molecule has 0 radical (unpaired) electrons. The summed E-state index contributed by atoms with van der Waals surface area (Å²) < 4.78 is 0. The highest BCUT2D eigenvalue weighted by molar-refractivity contribution is 5.99. The number of fused-ring (bicyclic) bond motifs is 1. The average Bonchev–Trinajstić information content (AvgIpc) is 3.51. The average molecular weight is 598 g/mol. The van der Waals surface area contributed by atoms with Gasteiger partial charge in [0.2, 0.25) is 0 Å². The van der Waals surface area contributed by atoms with Crippen molar-refractivity contribution in [3.63, 3.8) is 0 Å². The van der Waals surface area contributed by atoms with Crippen LogP contribution in [0.25, 0.3) is 22.4 Å². The Hall–Kier alpha value is -4.33. The van der Waals surface area contributed by atoms with Crippen molar-refractivity contribution in [1.82, 2.24) is 34.7 Å². The minimum atomic E-state index is -0.695. The maximum atomic E-state index is 12.7. The number of rotatable bonds is 8. The van der Waals surface area contributed by atoms with Gasteiger partial charge in [0.05, 0.1) is 12.4 Å². The van der Waals surface area contributed by atoms with E-state index in [0.717, 1.165) is 45.0 Å². The van der Waals surface area contributed by atoms with Crippen molar-refractivity contribution in [2.45, 2.75) is 43.9 Å². The number of amides is 1. The molecule has 2 aliphatic heterocycles. The maximum absolute atomic E-state index is 12.7. The van der Waals surface area contributed by atoms with Crippen molar-refractivity contribution >= 4 is 40.1 Å². The van der Waals surface area contributed by atoms with E-state index in [0.29, 0.717) is 47.1 Å². The highest BCUT2D eigenvalue weighted by Crippen LogP contribution is 2.35. The Bertz CT molecular complexity index is 1620. The zero-order chi connectivity index (χ0) is 30.2. The van der Waals surface area contributed by atoms with Crippen molar-refractivity contribution in [2.75, 3.05) is 61.8 Å². The largest absolute Gasteiger partial charge is 0.393 e. The van der Waals surface area contributed by atoms with Crippen molar-refractivity contribution < 1.29 is 9.90 Å². The molecular weight excluding hydrogens is 558 g/mol. The number of hydrogen-bond donors (Lipinski definition) is 5. The molecule has 0 unspecified atom stereocenters. The summed E-state index contributed by atoms with van der Waals surface area (Å²) in [6.45, 7) is 6.69. The van der Waals surface area contributed by atoms with E-state index in [-0.39, 0.29) is 23.7 Å². The summed E-state index contributed by atoms with van der Waals surface area (Å²) in [5, 5.41) is 16.6. The molecule has 5 heterocycles. The summed E-state index contributed by atoms with van der Waals surface area (Å²) in [6, 6.07) is 10.7. The molecule has 3 aromatic heterocycles. The molecule has 1 saturated carbocycles. The molecule has 3 aliphatic rings. The van der Waals surface area contributed by atoms with Crippen molar-refractivity contribution in [3.8, 4) is 11.3 Å². The van der Waals surface area contributed by atoms with Gasteiger partial charge in [-0.3, -0.25) is 9.69 Å². The Morgan fingerprint density at radius 2 is 1.73 bits per heavy atom. The topological polar surface area (TPSA) is 164 Å². The van der Waals surface area contributed by atoms with E-state index in [2.05, 4.69) is 59.5 Å². The molecule has 0 bridgehead atoms. The minimum absolute atomic E-state index is 0.0229. The molecule has 44 heavy (non-hydrogen) atoms. The molecule has 6 N–H and O–H groups in total. The molecule has 230 valence electrons. The summed E-state index contributed by atoms with van der Waals surface area (Å²) in [6.07, 6.45) is 6.41. The van der Waals surface area contributed by atoms with Crippen LogP contribution in [0.3, 0.4) is 0 Å². The van der Waals surface area contributed by atoms with Gasteiger partial charge in [-0.1, -0.05) is 0 Å². The second kappa shape index (κ2) is 12.0. The van der Waals surface area contributed by atoms with Gasteiger partial charge in [0.15, 0.2) is 23.0 Å². The Morgan fingerprint density at radius 1 is 0.977 bits per heavy atom. The Kier molecular flexibility index (Phi) is 7.75. The number of nitrogens with two attached hydrogens (primary N) is 1. The number of primary amides is 1. The summed E-state index contributed by atoms with van der Waals surface area (Å²) >= 11 is 0. The standard InChI is InChI=1S/C31H39N11O2/c1-40-12-14-42(15-13-40)22-7-10-41(11-8-22)21-4-2-19(3-5-21)36-31-27(28(32)44)38-26(30(39-31)37-20-16-23(43)17-20)24-6-9-33-29-25(24)34-18-35-29/h2-6,9,18,20,22-23,43H,7-8,10-17H2,1H3,(H2,32,44)(H,33,34,35)(H2,36,37,39)/t20-,23-. The van der Waals surface area contributed by atoms with E-state index in [1.165, 1.54) is 18.5 Å². The second-order valence-electron chi connectivity index (χ2n) is 12.1. The summed E-state index contributed by atoms with van der Waals surface area (Å²) in [4.78, 5) is 41.5. The molecule has 4 aromatic rings. The number of hydrogen-bond acceptors (Lipinski definition) is 11. The Morgan fingerprint density at radius 3 is 2.43 bits per heavy atom. The van der Waals surface area contributed by atoms with E-state index >= 15 is 0 Å². The number of aromatic nitrogens is 5. The van der Waals surface area contributed by atoms with Crippen LogP contribution in [0.2, 0.25) is 0 Å². The number of nitrogens with one attached hydrogen (secondary N) is 3. The van der Waals surface area contributed by atoms with Crippen LogP contribution in [0.15, 0.2) is 42.9 Å². The third-order valence-corrected chi connectivity index (χ3v) is 9.17.